The first kappa shape index (κ1) is 18.3. The van der Waals surface area contributed by atoms with Crippen molar-refractivity contribution >= 4 is 17.8 Å². The van der Waals surface area contributed by atoms with E-state index in [0.717, 1.165) is 22.4 Å². The number of aliphatic hydroxyl groups excluding tert-OH is 1. The van der Waals surface area contributed by atoms with Gasteiger partial charge in [-0.1, -0.05) is 61.5 Å². The molecule has 26 heavy (non-hydrogen) atoms. The average Bonchev–Trinajstić information content (AvgIpc) is 3.15. The van der Waals surface area contributed by atoms with Crippen LogP contribution in [0.5, 0.6) is 5.75 Å². The Morgan fingerprint density at radius 1 is 1.15 bits per heavy atom. The SMILES string of the molecule is CCSC(c1ncc(-c2ccc(C=CCO)cc2)o1)c1ccccc1O. The molecule has 2 N–H and O–H groups in total. The number of hydrogen-bond acceptors (Lipinski definition) is 5. The van der Waals surface area contributed by atoms with Crippen LogP contribution in [-0.4, -0.2) is 27.6 Å². The maximum atomic E-state index is 10.2. The Labute approximate surface area is 157 Å². The molecule has 0 saturated heterocycles. The van der Waals surface area contributed by atoms with Crippen LogP contribution in [0.15, 0.2) is 65.2 Å². The molecular weight excluding hydrogens is 346 g/mol. The molecule has 2 aromatic carbocycles. The molecule has 0 amide bonds. The molecule has 1 unspecified atom stereocenters. The van der Waals surface area contributed by atoms with Crippen LogP contribution < -0.4 is 0 Å². The molecule has 1 atom stereocenters. The van der Waals surface area contributed by atoms with Crippen molar-refractivity contribution in [3.8, 4) is 17.1 Å². The topological polar surface area (TPSA) is 66.5 Å². The van der Waals surface area contributed by atoms with Gasteiger partial charge in [-0.2, -0.15) is 0 Å². The lowest BCUT2D eigenvalue weighted by Gasteiger charge is -2.14. The fourth-order valence-corrected chi connectivity index (χ4v) is 3.62. The maximum absolute atomic E-state index is 10.2. The molecule has 134 valence electrons. The summed E-state index contributed by atoms with van der Waals surface area (Å²) in [6.45, 7) is 2.09. The molecular formula is C21H21NO3S. The summed E-state index contributed by atoms with van der Waals surface area (Å²) in [6, 6.07) is 15.1. The van der Waals surface area contributed by atoms with Crippen molar-refractivity contribution in [1.82, 2.24) is 4.98 Å². The van der Waals surface area contributed by atoms with Crippen LogP contribution >= 0.6 is 11.8 Å². The predicted molar refractivity (Wildman–Crippen MR) is 106 cm³/mol. The zero-order valence-electron chi connectivity index (χ0n) is 14.5. The van der Waals surface area contributed by atoms with Crippen molar-refractivity contribution in [1.29, 1.82) is 0 Å². The number of aromatic hydroxyl groups is 1. The van der Waals surface area contributed by atoms with Gasteiger partial charge in [0.2, 0.25) is 5.89 Å². The summed E-state index contributed by atoms with van der Waals surface area (Å²) < 4.78 is 6.01. The van der Waals surface area contributed by atoms with Crippen LogP contribution in [0.2, 0.25) is 0 Å². The van der Waals surface area contributed by atoms with E-state index in [4.69, 9.17) is 9.52 Å². The number of aliphatic hydroxyl groups is 1. The smallest absolute Gasteiger partial charge is 0.212 e. The monoisotopic (exact) mass is 367 g/mol. The third kappa shape index (κ3) is 4.18. The molecule has 0 bridgehead atoms. The lowest BCUT2D eigenvalue weighted by Crippen LogP contribution is -1.98. The molecule has 3 aromatic rings. The van der Waals surface area contributed by atoms with E-state index in [1.165, 1.54) is 0 Å². The van der Waals surface area contributed by atoms with Gasteiger partial charge in [0.1, 0.15) is 11.0 Å². The first-order valence-electron chi connectivity index (χ1n) is 8.46. The number of phenols is 1. The van der Waals surface area contributed by atoms with E-state index < -0.39 is 0 Å². The minimum atomic E-state index is -0.151. The van der Waals surface area contributed by atoms with Gasteiger partial charge in [-0.05, 0) is 17.4 Å². The van der Waals surface area contributed by atoms with E-state index in [2.05, 4.69) is 11.9 Å². The largest absolute Gasteiger partial charge is 0.508 e. The van der Waals surface area contributed by atoms with Crippen molar-refractivity contribution < 1.29 is 14.6 Å². The summed E-state index contributed by atoms with van der Waals surface area (Å²) in [6.07, 6.45) is 5.28. The Bertz CT molecular complexity index is 871. The number of para-hydroxylation sites is 1. The van der Waals surface area contributed by atoms with Crippen molar-refractivity contribution in [3.63, 3.8) is 0 Å². The second-order valence-electron chi connectivity index (χ2n) is 5.66. The van der Waals surface area contributed by atoms with Crippen LogP contribution in [-0.2, 0) is 0 Å². The van der Waals surface area contributed by atoms with Crippen molar-refractivity contribution in [3.05, 3.63) is 77.8 Å². The predicted octanol–water partition coefficient (Wildman–Crippen LogP) is 4.90. The molecule has 0 radical (unpaired) electrons. The Hall–Kier alpha value is -2.50. The Morgan fingerprint density at radius 3 is 2.62 bits per heavy atom. The van der Waals surface area contributed by atoms with Gasteiger partial charge in [0.05, 0.1) is 12.8 Å². The molecule has 0 aliphatic rings. The number of aromatic nitrogens is 1. The van der Waals surface area contributed by atoms with Crippen LogP contribution in [0.3, 0.4) is 0 Å². The standard InChI is InChI=1S/C21H21NO3S/c1-2-26-20(17-7-3-4-8-18(17)24)21-22-14-19(25-21)16-11-9-15(10-12-16)6-5-13-23/h3-12,14,20,23-24H,2,13H2,1H3. The van der Waals surface area contributed by atoms with Gasteiger partial charge >= 0.3 is 0 Å². The number of phenolic OH excluding ortho intramolecular Hbond substituents is 1. The van der Waals surface area contributed by atoms with Crippen LogP contribution in [0.25, 0.3) is 17.4 Å². The number of benzene rings is 2. The van der Waals surface area contributed by atoms with Gasteiger partial charge < -0.3 is 14.6 Å². The molecule has 4 nitrogen and oxygen atoms in total. The van der Waals surface area contributed by atoms with E-state index >= 15 is 0 Å². The summed E-state index contributed by atoms with van der Waals surface area (Å²) in [5, 5.41) is 18.9. The molecule has 1 heterocycles. The number of nitrogens with zero attached hydrogens (tertiary/aromatic N) is 1. The molecule has 5 heteroatoms. The van der Waals surface area contributed by atoms with Gasteiger partial charge in [-0.25, -0.2) is 4.98 Å². The van der Waals surface area contributed by atoms with E-state index in [1.807, 2.05) is 42.5 Å². The van der Waals surface area contributed by atoms with Crippen molar-refractivity contribution in [2.75, 3.05) is 12.4 Å². The minimum Gasteiger partial charge on any atom is -0.508 e. The van der Waals surface area contributed by atoms with Crippen molar-refractivity contribution in [2.45, 2.75) is 12.2 Å². The third-order valence-corrected chi connectivity index (χ3v) is 5.03. The molecule has 3 rings (SSSR count). The average molecular weight is 367 g/mol. The summed E-state index contributed by atoms with van der Waals surface area (Å²) in [5.74, 6) is 2.40. The normalized spacial score (nSPS) is 12.5. The summed E-state index contributed by atoms with van der Waals surface area (Å²) >= 11 is 1.67. The van der Waals surface area contributed by atoms with Crippen LogP contribution in [0.1, 0.15) is 29.2 Å². The molecule has 0 fully saturated rings. The molecule has 0 spiro atoms. The van der Waals surface area contributed by atoms with Crippen LogP contribution in [0, 0.1) is 0 Å². The minimum absolute atomic E-state index is 0.0238. The van der Waals surface area contributed by atoms with Gasteiger partial charge in [0.25, 0.3) is 0 Å². The summed E-state index contributed by atoms with van der Waals surface area (Å²) in [4.78, 5) is 4.46. The van der Waals surface area contributed by atoms with Crippen LogP contribution in [0.4, 0.5) is 0 Å². The lowest BCUT2D eigenvalue weighted by atomic mass is 10.1. The Balaban J connectivity index is 1.87. The number of oxazole rings is 1. The highest BCUT2D eigenvalue weighted by Gasteiger charge is 2.22. The van der Waals surface area contributed by atoms with E-state index in [0.29, 0.717) is 11.7 Å². The second kappa shape index (κ2) is 8.74. The van der Waals surface area contributed by atoms with E-state index in [-0.39, 0.29) is 17.6 Å². The zero-order chi connectivity index (χ0) is 18.4. The highest BCUT2D eigenvalue weighted by Crippen LogP contribution is 2.40. The molecule has 1 aromatic heterocycles. The first-order valence-corrected chi connectivity index (χ1v) is 9.51. The van der Waals surface area contributed by atoms with E-state index in [9.17, 15) is 5.11 Å². The maximum Gasteiger partial charge on any atom is 0.212 e. The molecule has 0 aliphatic heterocycles. The van der Waals surface area contributed by atoms with Gasteiger partial charge in [-0.3, -0.25) is 0 Å². The van der Waals surface area contributed by atoms with Gasteiger partial charge in [0, 0.05) is 11.1 Å². The number of thioether (sulfide) groups is 1. The lowest BCUT2D eigenvalue weighted by molar-refractivity contribution is 0.343. The van der Waals surface area contributed by atoms with Gasteiger partial charge in [0.15, 0.2) is 5.76 Å². The first-order chi connectivity index (χ1) is 12.7. The third-order valence-electron chi connectivity index (χ3n) is 3.91. The zero-order valence-corrected chi connectivity index (χ0v) is 15.3. The van der Waals surface area contributed by atoms with E-state index in [1.54, 1.807) is 36.2 Å². The summed E-state index contributed by atoms with van der Waals surface area (Å²) in [7, 11) is 0. The van der Waals surface area contributed by atoms with Gasteiger partial charge in [-0.15, -0.1) is 11.8 Å². The van der Waals surface area contributed by atoms with Crippen molar-refractivity contribution in [2.24, 2.45) is 0 Å². The second-order valence-corrected chi connectivity index (χ2v) is 7.05. The quantitative estimate of drug-likeness (QED) is 0.622. The Morgan fingerprint density at radius 2 is 1.92 bits per heavy atom. The Kier molecular flexibility index (Phi) is 6.15. The highest BCUT2D eigenvalue weighted by atomic mass is 32.2. The fourth-order valence-electron chi connectivity index (χ4n) is 2.66. The highest BCUT2D eigenvalue weighted by molar-refractivity contribution is 7.99. The molecule has 0 saturated carbocycles. The number of hydrogen-bond donors (Lipinski definition) is 2. The fraction of sp³-hybridized carbons (Fsp3) is 0.190. The molecule has 0 aliphatic carbocycles. The summed E-state index contributed by atoms with van der Waals surface area (Å²) in [5.41, 5.74) is 2.75. The number of rotatable bonds is 7.